The molecule has 1 aliphatic rings. The van der Waals surface area contributed by atoms with Gasteiger partial charge in [-0.1, -0.05) is 29.8 Å². The molecule has 0 spiro atoms. The normalized spacial score (nSPS) is 17.1. The van der Waals surface area contributed by atoms with Gasteiger partial charge in [0.05, 0.1) is 29.3 Å². The molecular weight excluding hydrogens is 358 g/mol. The molecule has 0 amide bonds. The van der Waals surface area contributed by atoms with Gasteiger partial charge in [-0.05, 0) is 44.1 Å². The summed E-state index contributed by atoms with van der Waals surface area (Å²) in [7, 11) is 0. The second-order valence-electron chi connectivity index (χ2n) is 5.75. The highest BCUT2D eigenvalue weighted by atomic mass is 35.5. The van der Waals surface area contributed by atoms with Gasteiger partial charge in [0.15, 0.2) is 5.11 Å². The zero-order valence-corrected chi connectivity index (χ0v) is 15.5. The molecule has 132 valence electrons. The molecule has 1 aromatic carbocycles. The number of ether oxygens (including phenoxy) is 1. The summed E-state index contributed by atoms with van der Waals surface area (Å²) in [6, 6.07) is 9.72. The monoisotopic (exact) mass is 377 g/mol. The number of rotatable bonds is 5. The van der Waals surface area contributed by atoms with Gasteiger partial charge in [-0.3, -0.25) is 5.43 Å². The van der Waals surface area contributed by atoms with Crippen LogP contribution >= 0.6 is 23.8 Å². The first-order valence-electron chi connectivity index (χ1n) is 8.14. The second kappa shape index (κ2) is 8.42. The van der Waals surface area contributed by atoms with E-state index in [4.69, 9.17) is 28.6 Å². The van der Waals surface area contributed by atoms with E-state index in [-0.39, 0.29) is 6.10 Å². The van der Waals surface area contributed by atoms with E-state index in [0.29, 0.717) is 16.8 Å². The highest BCUT2D eigenvalue weighted by Gasteiger charge is 2.15. The number of aryl methyl sites for hydroxylation is 1. The van der Waals surface area contributed by atoms with Crippen molar-refractivity contribution in [3.05, 3.63) is 46.7 Å². The van der Waals surface area contributed by atoms with E-state index < -0.39 is 0 Å². The number of hydrogen-bond donors (Lipinski definition) is 2. The Hall–Kier alpha value is -1.96. The van der Waals surface area contributed by atoms with Gasteiger partial charge in [0, 0.05) is 13.2 Å². The van der Waals surface area contributed by atoms with Crippen molar-refractivity contribution in [2.24, 2.45) is 5.10 Å². The Morgan fingerprint density at radius 2 is 2.28 bits per heavy atom. The minimum Gasteiger partial charge on any atom is -0.376 e. The largest absolute Gasteiger partial charge is 0.376 e. The molecule has 1 fully saturated rings. The first-order chi connectivity index (χ1) is 12.1. The minimum absolute atomic E-state index is 0.226. The van der Waals surface area contributed by atoms with E-state index in [1.54, 1.807) is 10.9 Å². The Kier molecular flexibility index (Phi) is 6.01. The number of aromatic nitrogens is 2. The number of hydrogen-bond acceptors (Lipinski definition) is 4. The smallest absolute Gasteiger partial charge is 0.187 e. The van der Waals surface area contributed by atoms with Crippen LogP contribution in [-0.2, 0) is 4.74 Å². The zero-order chi connectivity index (χ0) is 17.6. The molecule has 2 heterocycles. The van der Waals surface area contributed by atoms with Crippen molar-refractivity contribution >= 4 is 35.1 Å². The van der Waals surface area contributed by atoms with Crippen LogP contribution in [0.3, 0.4) is 0 Å². The fraction of sp³-hybridized carbons (Fsp3) is 0.353. The number of halogens is 1. The van der Waals surface area contributed by atoms with Gasteiger partial charge in [0.1, 0.15) is 5.15 Å². The van der Waals surface area contributed by atoms with E-state index in [2.05, 4.69) is 20.9 Å². The third-order valence-electron chi connectivity index (χ3n) is 3.92. The summed E-state index contributed by atoms with van der Waals surface area (Å²) < 4.78 is 7.22. The molecule has 1 unspecified atom stereocenters. The average Bonchev–Trinajstić information content (AvgIpc) is 3.24. The molecule has 2 N–H and O–H groups in total. The standard InChI is InChI=1S/C17H20ClN5OS/c1-12-15(16(18)23(22-12)13-6-3-2-4-7-13)11-20-21-17(25)19-10-14-8-5-9-24-14/h2-4,6-7,11,14H,5,8-10H2,1H3,(H2,19,21,25)/b20-11+. The summed E-state index contributed by atoms with van der Waals surface area (Å²) in [5.41, 5.74) is 5.24. The number of benzene rings is 1. The van der Waals surface area contributed by atoms with Gasteiger partial charge in [0.25, 0.3) is 0 Å². The van der Waals surface area contributed by atoms with Crippen molar-refractivity contribution < 1.29 is 4.74 Å². The van der Waals surface area contributed by atoms with Crippen LogP contribution in [0.5, 0.6) is 0 Å². The maximum Gasteiger partial charge on any atom is 0.187 e. The van der Waals surface area contributed by atoms with Crippen LogP contribution in [0.25, 0.3) is 5.69 Å². The highest BCUT2D eigenvalue weighted by Crippen LogP contribution is 2.21. The molecule has 25 heavy (non-hydrogen) atoms. The molecule has 8 heteroatoms. The maximum absolute atomic E-state index is 6.44. The molecule has 0 radical (unpaired) electrons. The molecule has 1 atom stereocenters. The van der Waals surface area contributed by atoms with Crippen molar-refractivity contribution in [2.45, 2.75) is 25.9 Å². The lowest BCUT2D eigenvalue weighted by Gasteiger charge is -2.11. The van der Waals surface area contributed by atoms with Crippen LogP contribution in [0.1, 0.15) is 24.1 Å². The number of nitrogens with zero attached hydrogens (tertiary/aromatic N) is 3. The third kappa shape index (κ3) is 4.56. The number of nitrogens with one attached hydrogen (secondary N) is 2. The molecular formula is C17H20ClN5OS. The summed E-state index contributed by atoms with van der Waals surface area (Å²) in [6.07, 6.45) is 4.02. The van der Waals surface area contributed by atoms with Crippen LogP contribution in [-0.4, -0.2) is 40.4 Å². The summed E-state index contributed by atoms with van der Waals surface area (Å²) >= 11 is 11.6. The van der Waals surface area contributed by atoms with Crippen LogP contribution < -0.4 is 10.7 Å². The van der Waals surface area contributed by atoms with E-state index >= 15 is 0 Å². The summed E-state index contributed by atoms with van der Waals surface area (Å²) in [4.78, 5) is 0. The van der Waals surface area contributed by atoms with Crippen molar-refractivity contribution in [1.82, 2.24) is 20.5 Å². The van der Waals surface area contributed by atoms with Gasteiger partial charge >= 0.3 is 0 Å². The van der Waals surface area contributed by atoms with Crippen molar-refractivity contribution in [1.29, 1.82) is 0 Å². The molecule has 3 rings (SSSR count). The second-order valence-corrected chi connectivity index (χ2v) is 6.52. The summed E-state index contributed by atoms with van der Waals surface area (Å²) in [5.74, 6) is 0. The van der Waals surface area contributed by atoms with Gasteiger partial charge < -0.3 is 10.1 Å². The van der Waals surface area contributed by atoms with E-state index in [1.165, 1.54) is 0 Å². The Morgan fingerprint density at radius 3 is 3.00 bits per heavy atom. The molecule has 6 nitrogen and oxygen atoms in total. The van der Waals surface area contributed by atoms with Crippen molar-refractivity contribution in [2.75, 3.05) is 13.2 Å². The van der Waals surface area contributed by atoms with Crippen LogP contribution in [0, 0.1) is 6.92 Å². The Morgan fingerprint density at radius 1 is 1.48 bits per heavy atom. The van der Waals surface area contributed by atoms with E-state index in [1.807, 2.05) is 37.3 Å². The van der Waals surface area contributed by atoms with E-state index in [0.717, 1.165) is 36.4 Å². The minimum atomic E-state index is 0.226. The zero-order valence-electron chi connectivity index (χ0n) is 13.9. The van der Waals surface area contributed by atoms with Crippen LogP contribution in [0.15, 0.2) is 35.4 Å². The number of para-hydroxylation sites is 1. The fourth-order valence-corrected chi connectivity index (χ4v) is 3.06. The molecule has 1 aromatic heterocycles. The Balaban J connectivity index is 1.59. The lowest BCUT2D eigenvalue weighted by atomic mass is 10.2. The first kappa shape index (κ1) is 17.8. The van der Waals surface area contributed by atoms with Crippen LogP contribution in [0.2, 0.25) is 5.15 Å². The van der Waals surface area contributed by atoms with Gasteiger partial charge in [-0.2, -0.15) is 10.2 Å². The molecule has 0 aliphatic carbocycles. The lowest BCUT2D eigenvalue weighted by molar-refractivity contribution is 0.114. The van der Waals surface area contributed by atoms with Gasteiger partial charge in [-0.25, -0.2) is 4.68 Å². The van der Waals surface area contributed by atoms with Crippen molar-refractivity contribution in [3.63, 3.8) is 0 Å². The fourth-order valence-electron chi connectivity index (χ4n) is 2.60. The lowest BCUT2D eigenvalue weighted by Crippen LogP contribution is -2.37. The molecule has 2 aromatic rings. The van der Waals surface area contributed by atoms with Gasteiger partial charge in [-0.15, -0.1) is 0 Å². The summed E-state index contributed by atoms with van der Waals surface area (Å²) in [5, 5.41) is 12.7. The topological polar surface area (TPSA) is 63.5 Å². The van der Waals surface area contributed by atoms with Gasteiger partial charge in [0.2, 0.25) is 0 Å². The predicted molar refractivity (Wildman–Crippen MR) is 104 cm³/mol. The van der Waals surface area contributed by atoms with Crippen LogP contribution in [0.4, 0.5) is 0 Å². The molecule has 0 bridgehead atoms. The first-order valence-corrected chi connectivity index (χ1v) is 8.93. The predicted octanol–water partition coefficient (Wildman–Crippen LogP) is 2.81. The number of hydrazone groups is 1. The Labute approximate surface area is 157 Å². The maximum atomic E-state index is 6.44. The Bertz CT molecular complexity index is 756. The molecule has 0 saturated carbocycles. The quantitative estimate of drug-likeness (QED) is 0.476. The average molecular weight is 378 g/mol. The number of thiocarbonyl (C=S) groups is 1. The third-order valence-corrected chi connectivity index (χ3v) is 4.52. The van der Waals surface area contributed by atoms with Crippen molar-refractivity contribution in [3.8, 4) is 5.69 Å². The van der Waals surface area contributed by atoms with E-state index in [9.17, 15) is 0 Å². The SMILES string of the molecule is Cc1nn(-c2ccccc2)c(Cl)c1/C=N/NC(=S)NCC1CCCO1. The molecule has 1 aliphatic heterocycles. The molecule has 1 saturated heterocycles. The summed E-state index contributed by atoms with van der Waals surface area (Å²) in [6.45, 7) is 3.40. The highest BCUT2D eigenvalue weighted by molar-refractivity contribution is 7.80.